The number of aliphatic hydroxyl groups is 1. The van der Waals surface area contributed by atoms with Gasteiger partial charge in [0.25, 0.3) is 0 Å². The van der Waals surface area contributed by atoms with Crippen LogP contribution in [0.4, 0.5) is 0 Å². The number of carbonyl (C=O) groups excluding carboxylic acids is 1. The lowest BCUT2D eigenvalue weighted by atomic mass is 9.80. The molecule has 0 atom stereocenters. The molecule has 1 aromatic carbocycles. The Balaban J connectivity index is 3.73. The van der Waals surface area contributed by atoms with Gasteiger partial charge in [-0.2, -0.15) is 0 Å². The Morgan fingerprint density at radius 2 is 1.19 bits per heavy atom. The van der Waals surface area contributed by atoms with Crippen LogP contribution in [0.25, 0.3) is 0 Å². The summed E-state index contributed by atoms with van der Waals surface area (Å²) >= 11 is 0. The van der Waals surface area contributed by atoms with Crippen molar-refractivity contribution in [1.82, 2.24) is 0 Å². The van der Waals surface area contributed by atoms with Gasteiger partial charge in [0, 0.05) is 6.61 Å². The zero-order chi connectivity index (χ0) is 16.0. The van der Waals surface area contributed by atoms with Gasteiger partial charge < -0.3 is 10.8 Å². The highest BCUT2D eigenvalue weighted by Crippen LogP contribution is 2.31. The van der Waals surface area contributed by atoms with E-state index in [9.17, 15) is 9.90 Å². The van der Waals surface area contributed by atoms with Crippen molar-refractivity contribution in [1.29, 1.82) is 0 Å². The number of amides is 1. The molecule has 0 radical (unpaired) electrons. The highest BCUT2D eigenvalue weighted by atomic mass is 16.3. The van der Waals surface area contributed by atoms with Crippen molar-refractivity contribution in [3.63, 3.8) is 0 Å². The van der Waals surface area contributed by atoms with Crippen LogP contribution in [0.3, 0.4) is 0 Å². The summed E-state index contributed by atoms with van der Waals surface area (Å²) in [6, 6.07) is 0. The Labute approximate surface area is 128 Å². The van der Waals surface area contributed by atoms with Gasteiger partial charge >= 0.3 is 0 Å². The molecule has 0 aliphatic carbocycles. The molecule has 1 amide bonds. The molecule has 0 unspecified atom stereocenters. The van der Waals surface area contributed by atoms with Crippen LogP contribution in [0.2, 0.25) is 0 Å². The first-order valence-corrected chi connectivity index (χ1v) is 8.11. The van der Waals surface area contributed by atoms with Crippen LogP contribution in [0.1, 0.15) is 61.1 Å². The van der Waals surface area contributed by atoms with E-state index in [1.165, 1.54) is 27.8 Å². The fourth-order valence-electron chi connectivity index (χ4n) is 3.60. The second-order valence-electron chi connectivity index (χ2n) is 5.40. The van der Waals surface area contributed by atoms with Crippen LogP contribution >= 0.6 is 0 Å². The molecule has 21 heavy (non-hydrogen) atoms. The van der Waals surface area contributed by atoms with Crippen molar-refractivity contribution in [3.8, 4) is 0 Å². The van der Waals surface area contributed by atoms with Crippen molar-refractivity contribution in [2.75, 3.05) is 6.61 Å². The number of primary amides is 1. The summed E-state index contributed by atoms with van der Waals surface area (Å²) in [5.74, 6) is -0.277. The normalized spacial score (nSPS) is 10.9. The highest BCUT2D eigenvalue weighted by Gasteiger charge is 2.20. The molecular formula is C18H29NO2. The standard InChI is InChI=1S/C18H29NO2/c1-5-12-13(6-2)16(9-10-20)15(8-4)17(11-18(19)21)14(12)7-3/h20H,5-11H2,1-4H3,(H2,19,21). The van der Waals surface area contributed by atoms with Gasteiger partial charge in [-0.15, -0.1) is 0 Å². The average Bonchev–Trinajstić information content (AvgIpc) is 2.46. The number of carbonyl (C=O) groups is 1. The lowest BCUT2D eigenvalue weighted by molar-refractivity contribution is -0.117. The number of hydrogen-bond donors (Lipinski definition) is 2. The minimum atomic E-state index is -0.277. The van der Waals surface area contributed by atoms with Gasteiger partial charge in [-0.3, -0.25) is 4.79 Å². The van der Waals surface area contributed by atoms with Gasteiger partial charge in [0.15, 0.2) is 0 Å². The van der Waals surface area contributed by atoms with Gasteiger partial charge in [0.05, 0.1) is 6.42 Å². The molecule has 118 valence electrons. The molecule has 0 aliphatic heterocycles. The van der Waals surface area contributed by atoms with E-state index in [2.05, 4.69) is 27.7 Å². The molecule has 3 N–H and O–H groups in total. The van der Waals surface area contributed by atoms with E-state index in [0.29, 0.717) is 12.8 Å². The summed E-state index contributed by atoms with van der Waals surface area (Å²) in [7, 11) is 0. The van der Waals surface area contributed by atoms with Crippen LogP contribution in [0, 0.1) is 0 Å². The zero-order valence-corrected chi connectivity index (χ0v) is 13.9. The lowest BCUT2D eigenvalue weighted by Gasteiger charge is -2.25. The van der Waals surface area contributed by atoms with E-state index in [0.717, 1.165) is 31.2 Å². The van der Waals surface area contributed by atoms with E-state index in [1.807, 2.05) is 0 Å². The quantitative estimate of drug-likeness (QED) is 0.773. The minimum Gasteiger partial charge on any atom is -0.396 e. The minimum absolute atomic E-state index is 0.143. The third-order valence-corrected chi connectivity index (χ3v) is 4.31. The Bertz CT molecular complexity index is 507. The van der Waals surface area contributed by atoms with Crippen LogP contribution in [-0.4, -0.2) is 17.6 Å². The number of benzene rings is 1. The van der Waals surface area contributed by atoms with Crippen LogP contribution in [-0.2, 0) is 43.3 Å². The largest absolute Gasteiger partial charge is 0.396 e. The molecule has 3 heteroatoms. The predicted octanol–water partition coefficient (Wildman–Crippen LogP) is 2.50. The molecule has 0 heterocycles. The van der Waals surface area contributed by atoms with Crippen molar-refractivity contribution in [2.24, 2.45) is 5.73 Å². The summed E-state index contributed by atoms with van der Waals surface area (Å²) in [6.07, 6.45) is 4.69. The third-order valence-electron chi connectivity index (χ3n) is 4.31. The molecule has 0 aliphatic rings. The molecule has 3 nitrogen and oxygen atoms in total. The van der Waals surface area contributed by atoms with Gasteiger partial charge in [0.1, 0.15) is 0 Å². The average molecular weight is 291 g/mol. The van der Waals surface area contributed by atoms with E-state index in [1.54, 1.807) is 0 Å². The van der Waals surface area contributed by atoms with Crippen molar-refractivity contribution >= 4 is 5.91 Å². The Morgan fingerprint density at radius 1 is 0.810 bits per heavy atom. The van der Waals surface area contributed by atoms with Crippen molar-refractivity contribution < 1.29 is 9.90 Å². The topological polar surface area (TPSA) is 63.3 Å². The molecule has 0 aromatic heterocycles. The summed E-state index contributed by atoms with van der Waals surface area (Å²) in [6.45, 7) is 8.73. The first-order valence-electron chi connectivity index (χ1n) is 8.11. The molecule has 1 aromatic rings. The summed E-state index contributed by atoms with van der Waals surface area (Å²) in [4.78, 5) is 11.5. The molecule has 0 bridgehead atoms. The molecule has 1 rings (SSSR count). The maximum absolute atomic E-state index is 11.5. The Hall–Kier alpha value is -1.35. The summed E-state index contributed by atoms with van der Waals surface area (Å²) in [5, 5.41) is 9.43. The van der Waals surface area contributed by atoms with E-state index >= 15 is 0 Å². The number of aliphatic hydroxyl groups excluding tert-OH is 1. The SMILES string of the molecule is CCc1c(CC)c(CCO)c(CC)c(CC(N)=O)c1CC. The molecular weight excluding hydrogens is 262 g/mol. The Kier molecular flexibility index (Phi) is 6.90. The fraction of sp³-hybridized carbons (Fsp3) is 0.611. The van der Waals surface area contributed by atoms with Crippen molar-refractivity contribution in [2.45, 2.75) is 66.2 Å². The number of rotatable bonds is 8. The maximum Gasteiger partial charge on any atom is 0.221 e. The zero-order valence-electron chi connectivity index (χ0n) is 13.9. The number of hydrogen-bond acceptors (Lipinski definition) is 2. The van der Waals surface area contributed by atoms with Gasteiger partial charge in [-0.25, -0.2) is 0 Å². The monoisotopic (exact) mass is 291 g/mol. The van der Waals surface area contributed by atoms with E-state index in [-0.39, 0.29) is 12.5 Å². The van der Waals surface area contributed by atoms with Crippen molar-refractivity contribution in [3.05, 3.63) is 33.4 Å². The summed E-state index contributed by atoms with van der Waals surface area (Å²) < 4.78 is 0. The van der Waals surface area contributed by atoms with Gasteiger partial charge in [0.2, 0.25) is 5.91 Å². The Morgan fingerprint density at radius 3 is 1.57 bits per heavy atom. The molecule has 0 fully saturated rings. The predicted molar refractivity (Wildman–Crippen MR) is 87.6 cm³/mol. The second-order valence-corrected chi connectivity index (χ2v) is 5.40. The lowest BCUT2D eigenvalue weighted by Crippen LogP contribution is -2.20. The van der Waals surface area contributed by atoms with Gasteiger partial charge in [-0.1, -0.05) is 27.7 Å². The summed E-state index contributed by atoms with van der Waals surface area (Å²) in [5.41, 5.74) is 13.1. The van der Waals surface area contributed by atoms with Gasteiger partial charge in [-0.05, 0) is 65.5 Å². The number of nitrogens with two attached hydrogens (primary N) is 1. The van der Waals surface area contributed by atoms with E-state index in [4.69, 9.17) is 5.73 Å². The first kappa shape index (κ1) is 17.7. The van der Waals surface area contributed by atoms with Crippen LogP contribution < -0.4 is 5.73 Å². The smallest absolute Gasteiger partial charge is 0.221 e. The fourth-order valence-corrected chi connectivity index (χ4v) is 3.60. The maximum atomic E-state index is 11.5. The molecule has 0 spiro atoms. The first-order chi connectivity index (χ1) is 10.0. The molecule has 0 saturated heterocycles. The van der Waals surface area contributed by atoms with E-state index < -0.39 is 0 Å². The third kappa shape index (κ3) is 3.65. The second kappa shape index (κ2) is 8.18. The highest BCUT2D eigenvalue weighted by molar-refractivity contribution is 5.78. The van der Waals surface area contributed by atoms with Crippen LogP contribution in [0.15, 0.2) is 0 Å². The van der Waals surface area contributed by atoms with Crippen LogP contribution in [0.5, 0.6) is 0 Å². The molecule has 0 saturated carbocycles.